The first-order valence-electron chi connectivity index (χ1n) is 5.38. The Labute approximate surface area is 91.6 Å². The Morgan fingerprint density at radius 2 is 2.27 bits per heavy atom. The molecule has 0 aromatic heterocycles. The third-order valence-electron chi connectivity index (χ3n) is 2.40. The summed E-state index contributed by atoms with van der Waals surface area (Å²) in [5, 5.41) is 0. The van der Waals surface area contributed by atoms with Gasteiger partial charge in [0.15, 0.2) is 0 Å². The van der Waals surface area contributed by atoms with Crippen LogP contribution in [0.5, 0.6) is 0 Å². The second kappa shape index (κ2) is 6.56. The number of nitrogens with one attached hydrogen (secondary N) is 1. The minimum atomic E-state index is 0.177. The minimum Gasteiger partial charge on any atom is -0.382 e. The predicted molar refractivity (Wildman–Crippen MR) is 62.4 cm³/mol. The van der Waals surface area contributed by atoms with Gasteiger partial charge in [0, 0.05) is 19.3 Å². The fourth-order valence-corrected chi connectivity index (χ4v) is 1.58. The van der Waals surface area contributed by atoms with E-state index in [1.165, 1.54) is 11.1 Å². The molecular formula is C12H20N2O. The minimum absolute atomic E-state index is 0.177. The van der Waals surface area contributed by atoms with E-state index in [4.69, 9.17) is 10.6 Å². The summed E-state index contributed by atoms with van der Waals surface area (Å²) >= 11 is 0. The lowest BCUT2D eigenvalue weighted by molar-refractivity contribution is 0.136. The molecule has 84 valence electrons. The zero-order valence-electron chi connectivity index (χ0n) is 9.49. The van der Waals surface area contributed by atoms with Gasteiger partial charge in [0.05, 0.1) is 0 Å². The third-order valence-corrected chi connectivity index (χ3v) is 2.40. The number of rotatable bonds is 6. The van der Waals surface area contributed by atoms with Gasteiger partial charge >= 0.3 is 0 Å². The Hall–Kier alpha value is -0.900. The normalized spacial score (nSPS) is 12.7. The maximum atomic E-state index is 5.53. The van der Waals surface area contributed by atoms with E-state index in [1.807, 2.05) is 6.92 Å². The van der Waals surface area contributed by atoms with Crippen LogP contribution in [0, 0.1) is 6.92 Å². The van der Waals surface area contributed by atoms with Crippen molar-refractivity contribution in [2.75, 3.05) is 13.2 Å². The number of benzene rings is 1. The number of nitrogens with two attached hydrogens (primary N) is 1. The van der Waals surface area contributed by atoms with Gasteiger partial charge in [-0.15, -0.1) is 0 Å². The van der Waals surface area contributed by atoms with Crippen LogP contribution < -0.4 is 11.3 Å². The van der Waals surface area contributed by atoms with Crippen LogP contribution in [0.25, 0.3) is 0 Å². The highest BCUT2D eigenvalue weighted by atomic mass is 16.5. The summed E-state index contributed by atoms with van der Waals surface area (Å²) in [6, 6.07) is 8.55. The summed E-state index contributed by atoms with van der Waals surface area (Å²) in [4.78, 5) is 0. The first-order chi connectivity index (χ1) is 7.27. The molecule has 1 aromatic carbocycles. The molecular weight excluding hydrogens is 188 g/mol. The number of aryl methyl sites for hydroxylation is 1. The van der Waals surface area contributed by atoms with Gasteiger partial charge in [-0.25, -0.2) is 0 Å². The molecule has 0 heterocycles. The monoisotopic (exact) mass is 208 g/mol. The van der Waals surface area contributed by atoms with Crippen molar-refractivity contribution in [2.24, 2.45) is 5.84 Å². The Kier molecular flexibility index (Phi) is 5.32. The molecule has 1 aromatic rings. The smallest absolute Gasteiger partial charge is 0.0484 e. The highest BCUT2D eigenvalue weighted by Gasteiger charge is 2.08. The Balaban J connectivity index is 2.57. The molecule has 0 aliphatic carbocycles. The molecule has 1 unspecified atom stereocenters. The summed E-state index contributed by atoms with van der Waals surface area (Å²) in [7, 11) is 0. The maximum absolute atomic E-state index is 5.53. The molecule has 3 N–H and O–H groups in total. The average Bonchev–Trinajstić information content (AvgIpc) is 2.24. The first-order valence-corrected chi connectivity index (χ1v) is 5.38. The maximum Gasteiger partial charge on any atom is 0.0484 e. The summed E-state index contributed by atoms with van der Waals surface area (Å²) in [5.41, 5.74) is 5.30. The molecule has 0 amide bonds. The summed E-state index contributed by atoms with van der Waals surface area (Å²) in [5.74, 6) is 5.53. The van der Waals surface area contributed by atoms with Crippen molar-refractivity contribution >= 4 is 0 Å². The van der Waals surface area contributed by atoms with Crippen LogP contribution in [0.4, 0.5) is 0 Å². The highest BCUT2D eigenvalue weighted by molar-refractivity contribution is 5.24. The zero-order chi connectivity index (χ0) is 11.1. The van der Waals surface area contributed by atoms with E-state index in [1.54, 1.807) is 0 Å². The van der Waals surface area contributed by atoms with Crippen LogP contribution in [-0.2, 0) is 4.74 Å². The average molecular weight is 208 g/mol. The number of hydrogen-bond donors (Lipinski definition) is 2. The lowest BCUT2D eigenvalue weighted by Crippen LogP contribution is -2.29. The van der Waals surface area contributed by atoms with E-state index in [2.05, 4.69) is 36.6 Å². The molecule has 0 radical (unpaired) electrons. The van der Waals surface area contributed by atoms with Crippen molar-refractivity contribution in [3.63, 3.8) is 0 Å². The summed E-state index contributed by atoms with van der Waals surface area (Å²) in [6.07, 6.45) is 0.897. The largest absolute Gasteiger partial charge is 0.382 e. The number of hydrazine groups is 1. The second-order valence-corrected chi connectivity index (χ2v) is 3.62. The van der Waals surface area contributed by atoms with Crippen molar-refractivity contribution in [1.29, 1.82) is 0 Å². The Morgan fingerprint density at radius 1 is 1.47 bits per heavy atom. The van der Waals surface area contributed by atoms with E-state index in [-0.39, 0.29) is 6.04 Å². The molecule has 0 bridgehead atoms. The van der Waals surface area contributed by atoms with E-state index >= 15 is 0 Å². The van der Waals surface area contributed by atoms with Crippen LogP contribution in [-0.4, -0.2) is 13.2 Å². The van der Waals surface area contributed by atoms with E-state index < -0.39 is 0 Å². The lowest BCUT2D eigenvalue weighted by Gasteiger charge is -2.16. The Morgan fingerprint density at radius 3 is 2.87 bits per heavy atom. The molecule has 0 fully saturated rings. The summed E-state index contributed by atoms with van der Waals surface area (Å²) in [6.45, 7) is 5.57. The van der Waals surface area contributed by atoms with Crippen molar-refractivity contribution in [2.45, 2.75) is 26.3 Å². The zero-order valence-corrected chi connectivity index (χ0v) is 9.49. The molecule has 0 aliphatic rings. The summed E-state index contributed by atoms with van der Waals surface area (Å²) < 4.78 is 5.32. The predicted octanol–water partition coefficient (Wildman–Crippen LogP) is 1.93. The molecule has 0 spiro atoms. The molecule has 1 rings (SSSR count). The topological polar surface area (TPSA) is 47.3 Å². The van der Waals surface area contributed by atoms with Crippen molar-refractivity contribution in [3.8, 4) is 0 Å². The molecule has 0 saturated heterocycles. The van der Waals surface area contributed by atoms with E-state index in [9.17, 15) is 0 Å². The molecule has 3 heteroatoms. The second-order valence-electron chi connectivity index (χ2n) is 3.62. The van der Waals surface area contributed by atoms with Crippen LogP contribution in [0.15, 0.2) is 24.3 Å². The standard InChI is InChI=1S/C12H20N2O/c1-3-15-8-7-12(14-13)11-6-4-5-10(2)9-11/h4-6,9,12,14H,3,7-8,13H2,1-2H3. The van der Waals surface area contributed by atoms with Crippen LogP contribution in [0.1, 0.15) is 30.5 Å². The molecule has 1 atom stereocenters. The van der Waals surface area contributed by atoms with Gasteiger partial charge in [-0.1, -0.05) is 29.8 Å². The molecule has 15 heavy (non-hydrogen) atoms. The van der Waals surface area contributed by atoms with Crippen LogP contribution in [0.2, 0.25) is 0 Å². The van der Waals surface area contributed by atoms with Crippen molar-refractivity contribution < 1.29 is 4.74 Å². The van der Waals surface area contributed by atoms with E-state index in [0.717, 1.165) is 19.6 Å². The fraction of sp³-hybridized carbons (Fsp3) is 0.500. The number of hydrogen-bond acceptors (Lipinski definition) is 3. The first kappa shape index (κ1) is 12.2. The van der Waals surface area contributed by atoms with Gasteiger partial charge in [-0.2, -0.15) is 0 Å². The van der Waals surface area contributed by atoms with Crippen LogP contribution in [0.3, 0.4) is 0 Å². The molecule has 0 saturated carbocycles. The fourth-order valence-electron chi connectivity index (χ4n) is 1.58. The van der Waals surface area contributed by atoms with Crippen LogP contribution >= 0.6 is 0 Å². The van der Waals surface area contributed by atoms with Gasteiger partial charge in [-0.05, 0) is 25.8 Å². The van der Waals surface area contributed by atoms with Gasteiger partial charge in [-0.3, -0.25) is 11.3 Å². The van der Waals surface area contributed by atoms with Gasteiger partial charge in [0.25, 0.3) is 0 Å². The van der Waals surface area contributed by atoms with Crippen molar-refractivity contribution in [3.05, 3.63) is 35.4 Å². The van der Waals surface area contributed by atoms with E-state index in [0.29, 0.717) is 0 Å². The SMILES string of the molecule is CCOCCC(NN)c1cccc(C)c1. The Bertz CT molecular complexity index is 289. The third kappa shape index (κ3) is 4.00. The molecule has 3 nitrogen and oxygen atoms in total. The lowest BCUT2D eigenvalue weighted by atomic mass is 10.0. The van der Waals surface area contributed by atoms with Gasteiger partial charge < -0.3 is 4.74 Å². The quantitative estimate of drug-likeness (QED) is 0.426. The van der Waals surface area contributed by atoms with Gasteiger partial charge in [0.2, 0.25) is 0 Å². The number of ether oxygens (including phenoxy) is 1. The molecule has 0 aliphatic heterocycles. The van der Waals surface area contributed by atoms with Gasteiger partial charge in [0.1, 0.15) is 0 Å². The highest BCUT2D eigenvalue weighted by Crippen LogP contribution is 2.16. The van der Waals surface area contributed by atoms with Crippen molar-refractivity contribution in [1.82, 2.24) is 5.43 Å².